The van der Waals surface area contributed by atoms with E-state index in [9.17, 15) is 18.0 Å². The highest BCUT2D eigenvalue weighted by atomic mass is 127. The summed E-state index contributed by atoms with van der Waals surface area (Å²) in [6, 6.07) is 4.13. The zero-order chi connectivity index (χ0) is 20.6. The predicted octanol–water partition coefficient (Wildman–Crippen LogP) is 2.99. The van der Waals surface area contributed by atoms with Gasteiger partial charge in [-0.25, -0.2) is 0 Å². The van der Waals surface area contributed by atoms with E-state index in [1.54, 1.807) is 7.05 Å². The van der Waals surface area contributed by atoms with Crippen LogP contribution in [0.3, 0.4) is 0 Å². The molecule has 0 heterocycles. The molecule has 0 aromatic heterocycles. The van der Waals surface area contributed by atoms with Gasteiger partial charge in [0, 0.05) is 45.9 Å². The van der Waals surface area contributed by atoms with E-state index in [4.69, 9.17) is 4.74 Å². The molecule has 1 saturated carbocycles. The average Bonchev–Trinajstić information content (AvgIpc) is 3.48. The van der Waals surface area contributed by atoms with Crippen LogP contribution >= 0.6 is 24.0 Å². The van der Waals surface area contributed by atoms with Gasteiger partial charge in [0.05, 0.1) is 12.2 Å². The number of likely N-dealkylation sites (N-methyl/N-ethyl adjacent to an activating group) is 1. The normalized spacial score (nSPS) is 14.2. The minimum absolute atomic E-state index is 0. The summed E-state index contributed by atoms with van der Waals surface area (Å²) in [5, 5.41) is 5.79. The fraction of sp³-hybridized carbons (Fsp3) is 0.579. The first kappa shape index (κ1) is 25.5. The number of amides is 1. The smallest absolute Gasteiger partial charge is 0.379 e. The number of carbonyl (C=O) groups is 1. The molecule has 1 aliphatic rings. The lowest BCUT2D eigenvalue weighted by Gasteiger charge is -2.22. The number of ether oxygens (including phenoxy) is 1. The molecule has 1 amide bonds. The van der Waals surface area contributed by atoms with E-state index in [-0.39, 0.29) is 29.5 Å². The highest BCUT2D eigenvalue weighted by Gasteiger charge is 2.30. The van der Waals surface area contributed by atoms with Gasteiger partial charge in [0.1, 0.15) is 0 Å². The van der Waals surface area contributed by atoms with Gasteiger partial charge in [-0.15, -0.1) is 24.0 Å². The Morgan fingerprint density at radius 3 is 2.38 bits per heavy atom. The summed E-state index contributed by atoms with van der Waals surface area (Å²) in [5.74, 6) is 0.988. The molecular weight excluding hydrogens is 500 g/mol. The second-order valence-electron chi connectivity index (χ2n) is 6.74. The van der Waals surface area contributed by atoms with Crippen molar-refractivity contribution < 1.29 is 22.7 Å². The Balaban J connectivity index is 0.00000420. The monoisotopic (exact) mass is 528 g/mol. The van der Waals surface area contributed by atoms with Crippen molar-refractivity contribution in [3.8, 4) is 0 Å². The van der Waals surface area contributed by atoms with E-state index in [0.717, 1.165) is 24.7 Å². The molecule has 2 N–H and O–H groups in total. The fourth-order valence-corrected chi connectivity index (χ4v) is 2.49. The number of hydrogen-bond donors (Lipinski definition) is 2. The largest absolute Gasteiger partial charge is 0.416 e. The lowest BCUT2D eigenvalue weighted by atomic mass is 10.1. The molecule has 1 aromatic carbocycles. The molecule has 0 unspecified atom stereocenters. The number of aliphatic imine (C=N–C) groups is 1. The van der Waals surface area contributed by atoms with Gasteiger partial charge in [0.25, 0.3) is 5.91 Å². The van der Waals surface area contributed by atoms with Crippen molar-refractivity contribution in [2.24, 2.45) is 10.9 Å². The van der Waals surface area contributed by atoms with Crippen LogP contribution in [0.15, 0.2) is 29.3 Å². The predicted molar refractivity (Wildman–Crippen MR) is 117 cm³/mol. The molecule has 10 heteroatoms. The summed E-state index contributed by atoms with van der Waals surface area (Å²) in [6.45, 7) is 2.88. The van der Waals surface area contributed by atoms with Crippen LogP contribution in [0.1, 0.15) is 28.8 Å². The number of rotatable bonds is 9. The van der Waals surface area contributed by atoms with Crippen LogP contribution in [0.4, 0.5) is 13.2 Å². The van der Waals surface area contributed by atoms with E-state index in [0.29, 0.717) is 32.2 Å². The Bertz CT molecular complexity index is 664. The number of benzene rings is 1. The summed E-state index contributed by atoms with van der Waals surface area (Å²) < 4.78 is 43.2. The number of nitrogens with zero attached hydrogens (tertiary/aromatic N) is 2. The SMILES string of the molecule is CN=C(NCCNC(=O)c1ccc(C(F)(F)F)cc1)N(C)CCOCC1CC1.I. The molecular formula is C19H28F3IN4O2. The molecule has 164 valence electrons. The van der Waals surface area contributed by atoms with Crippen LogP contribution < -0.4 is 10.6 Å². The standard InChI is InChI=1S/C19H27F3N4O2.HI/c1-23-18(26(2)11-12-28-13-14-3-4-14)25-10-9-24-17(27)15-5-7-16(8-6-15)19(20,21)22;/h5-8,14H,3-4,9-13H2,1-2H3,(H,23,25)(H,24,27);1H. The minimum Gasteiger partial charge on any atom is -0.379 e. The molecule has 1 aliphatic carbocycles. The van der Waals surface area contributed by atoms with Crippen LogP contribution in [0.2, 0.25) is 0 Å². The lowest BCUT2D eigenvalue weighted by molar-refractivity contribution is -0.137. The van der Waals surface area contributed by atoms with Gasteiger partial charge in [-0.05, 0) is 43.0 Å². The van der Waals surface area contributed by atoms with Crippen LogP contribution in [0.5, 0.6) is 0 Å². The third-order valence-corrected chi connectivity index (χ3v) is 4.36. The quantitative estimate of drug-likeness (QED) is 0.224. The van der Waals surface area contributed by atoms with Crippen LogP contribution in [0.25, 0.3) is 0 Å². The van der Waals surface area contributed by atoms with Crippen LogP contribution in [-0.4, -0.2) is 63.7 Å². The van der Waals surface area contributed by atoms with Gasteiger partial charge < -0.3 is 20.3 Å². The second kappa shape index (κ2) is 12.2. The van der Waals surface area contributed by atoms with Crippen molar-refractivity contribution in [3.63, 3.8) is 0 Å². The average molecular weight is 528 g/mol. The minimum atomic E-state index is -4.41. The van der Waals surface area contributed by atoms with Crippen LogP contribution in [0, 0.1) is 5.92 Å². The second-order valence-corrected chi connectivity index (χ2v) is 6.74. The number of halogens is 4. The van der Waals surface area contributed by atoms with Crippen molar-refractivity contribution in [1.29, 1.82) is 0 Å². The third-order valence-electron chi connectivity index (χ3n) is 4.36. The Morgan fingerprint density at radius 1 is 1.21 bits per heavy atom. The molecule has 0 saturated heterocycles. The van der Waals surface area contributed by atoms with Gasteiger partial charge in [0.2, 0.25) is 0 Å². The zero-order valence-corrected chi connectivity index (χ0v) is 18.9. The van der Waals surface area contributed by atoms with Gasteiger partial charge >= 0.3 is 6.18 Å². The molecule has 6 nitrogen and oxygen atoms in total. The molecule has 0 radical (unpaired) electrons. The molecule has 1 aromatic rings. The summed E-state index contributed by atoms with van der Waals surface area (Å²) in [7, 11) is 3.57. The highest BCUT2D eigenvalue weighted by molar-refractivity contribution is 14.0. The first-order chi connectivity index (χ1) is 13.3. The Hall–Kier alpha value is -1.56. The van der Waals surface area contributed by atoms with Crippen molar-refractivity contribution in [2.45, 2.75) is 19.0 Å². The van der Waals surface area contributed by atoms with Crippen molar-refractivity contribution in [3.05, 3.63) is 35.4 Å². The summed E-state index contributed by atoms with van der Waals surface area (Å²) in [5.41, 5.74) is -0.596. The van der Waals surface area contributed by atoms with E-state index in [1.165, 1.54) is 25.0 Å². The third kappa shape index (κ3) is 9.20. The van der Waals surface area contributed by atoms with Gasteiger partial charge in [-0.3, -0.25) is 9.79 Å². The van der Waals surface area contributed by atoms with Gasteiger partial charge in [0.15, 0.2) is 5.96 Å². The molecule has 0 aliphatic heterocycles. The Morgan fingerprint density at radius 2 is 1.83 bits per heavy atom. The van der Waals surface area contributed by atoms with Gasteiger partial charge in [-0.2, -0.15) is 13.2 Å². The first-order valence-electron chi connectivity index (χ1n) is 9.26. The van der Waals surface area contributed by atoms with E-state index < -0.39 is 17.6 Å². The zero-order valence-electron chi connectivity index (χ0n) is 16.6. The van der Waals surface area contributed by atoms with E-state index >= 15 is 0 Å². The molecule has 29 heavy (non-hydrogen) atoms. The van der Waals surface area contributed by atoms with Gasteiger partial charge in [-0.1, -0.05) is 0 Å². The van der Waals surface area contributed by atoms with Crippen LogP contribution in [-0.2, 0) is 10.9 Å². The number of nitrogens with one attached hydrogen (secondary N) is 2. The summed E-state index contributed by atoms with van der Waals surface area (Å²) in [6.07, 6.45) is -1.89. The maximum Gasteiger partial charge on any atom is 0.416 e. The fourth-order valence-electron chi connectivity index (χ4n) is 2.49. The van der Waals surface area contributed by atoms with E-state index in [1.807, 2.05) is 11.9 Å². The number of hydrogen-bond acceptors (Lipinski definition) is 3. The van der Waals surface area contributed by atoms with Crippen molar-refractivity contribution >= 4 is 35.8 Å². The maximum atomic E-state index is 12.5. The molecule has 1 fully saturated rings. The topological polar surface area (TPSA) is 66.0 Å². The summed E-state index contributed by atoms with van der Waals surface area (Å²) >= 11 is 0. The highest BCUT2D eigenvalue weighted by Crippen LogP contribution is 2.29. The number of guanidine groups is 1. The molecule has 2 rings (SSSR count). The first-order valence-corrected chi connectivity index (χ1v) is 9.26. The maximum absolute atomic E-state index is 12.5. The summed E-state index contributed by atoms with van der Waals surface area (Å²) in [4.78, 5) is 18.1. The number of carbonyl (C=O) groups excluding carboxylic acids is 1. The molecule has 0 atom stereocenters. The van der Waals surface area contributed by atoms with Crippen molar-refractivity contribution in [1.82, 2.24) is 15.5 Å². The lowest BCUT2D eigenvalue weighted by Crippen LogP contribution is -2.43. The molecule has 0 spiro atoms. The van der Waals surface area contributed by atoms with Crippen molar-refractivity contribution in [2.75, 3.05) is 46.9 Å². The molecule has 0 bridgehead atoms. The Labute approximate surface area is 186 Å². The van der Waals surface area contributed by atoms with E-state index in [2.05, 4.69) is 15.6 Å². The number of alkyl halides is 3. The Kier molecular flexibility index (Phi) is 10.7.